The largest absolute Gasteiger partial charge is 0.295 e. The maximum Gasteiger partial charge on any atom is 0.240 e. The van der Waals surface area contributed by atoms with Crippen molar-refractivity contribution in [1.82, 2.24) is 19.5 Å². The highest BCUT2D eigenvalue weighted by molar-refractivity contribution is 7.89. The number of nitrogens with one attached hydrogen (secondary N) is 1. The Labute approximate surface area is 176 Å². The van der Waals surface area contributed by atoms with Crippen molar-refractivity contribution in [2.24, 2.45) is 0 Å². The van der Waals surface area contributed by atoms with E-state index in [9.17, 15) is 13.2 Å². The molecule has 1 aliphatic carbocycles. The summed E-state index contributed by atoms with van der Waals surface area (Å²) < 4.78 is 29.8. The molecule has 0 radical (unpaired) electrons. The van der Waals surface area contributed by atoms with Gasteiger partial charge in [-0.2, -0.15) is 5.10 Å². The van der Waals surface area contributed by atoms with Gasteiger partial charge in [0.2, 0.25) is 10.0 Å². The van der Waals surface area contributed by atoms with Crippen molar-refractivity contribution in [3.63, 3.8) is 0 Å². The van der Waals surface area contributed by atoms with Crippen LogP contribution in [0.4, 0.5) is 0 Å². The van der Waals surface area contributed by atoms with E-state index < -0.39 is 10.0 Å². The maximum atomic E-state index is 12.7. The van der Waals surface area contributed by atoms with E-state index in [-0.39, 0.29) is 17.2 Å². The van der Waals surface area contributed by atoms with Gasteiger partial charge in [0.1, 0.15) is 5.69 Å². The Morgan fingerprint density at radius 3 is 2.73 bits per heavy atom. The Morgan fingerprint density at radius 2 is 1.97 bits per heavy atom. The monoisotopic (exact) mass is 424 g/mol. The van der Waals surface area contributed by atoms with E-state index in [0.29, 0.717) is 12.1 Å². The highest BCUT2D eigenvalue weighted by Crippen LogP contribution is 2.30. The fourth-order valence-corrected chi connectivity index (χ4v) is 4.88. The number of hydrogen-bond acceptors (Lipinski definition) is 5. The fraction of sp³-hybridized carbons (Fsp3) is 0.318. The van der Waals surface area contributed by atoms with Gasteiger partial charge in [-0.25, -0.2) is 13.1 Å². The number of sulfonamides is 1. The van der Waals surface area contributed by atoms with Gasteiger partial charge in [0.25, 0.3) is 0 Å². The predicted molar refractivity (Wildman–Crippen MR) is 114 cm³/mol. The summed E-state index contributed by atoms with van der Waals surface area (Å²) in [5.74, 6) is -0.169. The molecule has 0 saturated heterocycles. The van der Waals surface area contributed by atoms with E-state index in [1.807, 2.05) is 22.9 Å². The average Bonchev–Trinajstić information content (AvgIpc) is 3.13. The Kier molecular flexibility index (Phi) is 5.78. The molecule has 0 atom stereocenters. The molecule has 2 aromatic heterocycles. The summed E-state index contributed by atoms with van der Waals surface area (Å²) >= 11 is 0. The second-order valence-electron chi connectivity index (χ2n) is 7.40. The zero-order chi connectivity index (χ0) is 21.1. The Morgan fingerprint density at radius 1 is 1.13 bits per heavy atom. The molecule has 7 nitrogen and oxygen atoms in total. The minimum Gasteiger partial charge on any atom is -0.295 e. The molecule has 156 valence electrons. The Balaban J connectivity index is 1.52. The van der Waals surface area contributed by atoms with Crippen LogP contribution in [-0.4, -0.2) is 35.5 Å². The Bertz CT molecular complexity index is 1170. The predicted octanol–water partition coefficient (Wildman–Crippen LogP) is 3.01. The van der Waals surface area contributed by atoms with E-state index in [0.717, 1.165) is 37.1 Å². The molecule has 1 N–H and O–H groups in total. The fourth-order valence-electron chi connectivity index (χ4n) is 3.82. The molecule has 0 aliphatic heterocycles. The first kappa shape index (κ1) is 20.4. The summed E-state index contributed by atoms with van der Waals surface area (Å²) in [5.41, 5.74) is 4.49. The van der Waals surface area contributed by atoms with E-state index in [1.165, 1.54) is 30.3 Å². The number of fused-ring (bicyclic) bond motifs is 1. The number of aromatic nitrogens is 3. The summed E-state index contributed by atoms with van der Waals surface area (Å²) in [4.78, 5) is 16.1. The molecule has 0 unspecified atom stereocenters. The minimum absolute atomic E-state index is 0.0897. The molecule has 3 aromatic rings. The smallest absolute Gasteiger partial charge is 0.240 e. The third kappa shape index (κ3) is 4.20. The lowest BCUT2D eigenvalue weighted by Gasteiger charge is -2.14. The number of hydrogen-bond donors (Lipinski definition) is 1. The number of carbonyl (C=O) groups excluding carboxylic acids is 1. The van der Waals surface area contributed by atoms with Crippen LogP contribution in [0.3, 0.4) is 0 Å². The molecule has 0 spiro atoms. The minimum atomic E-state index is -3.71. The highest BCUT2D eigenvalue weighted by Gasteiger charge is 2.22. The Hall–Kier alpha value is -2.84. The summed E-state index contributed by atoms with van der Waals surface area (Å²) in [6.07, 6.45) is 5.88. The lowest BCUT2D eigenvalue weighted by molar-refractivity contribution is 0.101. The molecule has 0 fully saturated rings. The quantitative estimate of drug-likeness (QED) is 0.589. The molecule has 0 bridgehead atoms. The average molecular weight is 425 g/mol. The van der Waals surface area contributed by atoms with Crippen molar-refractivity contribution in [3.05, 3.63) is 65.5 Å². The van der Waals surface area contributed by atoms with Gasteiger partial charge in [0, 0.05) is 29.6 Å². The van der Waals surface area contributed by atoms with Crippen LogP contribution in [0.15, 0.2) is 53.6 Å². The number of Topliss-reactive ketones (excluding diaryl/α,β-unsaturated/α-hetero) is 1. The van der Waals surface area contributed by atoms with Crippen molar-refractivity contribution >= 4 is 15.8 Å². The maximum absolute atomic E-state index is 12.7. The second kappa shape index (κ2) is 8.49. The first-order valence-electron chi connectivity index (χ1n) is 10.1. The summed E-state index contributed by atoms with van der Waals surface area (Å²) in [7, 11) is -3.71. The number of benzene rings is 1. The zero-order valence-electron chi connectivity index (χ0n) is 16.8. The molecule has 1 aromatic carbocycles. The number of ketones is 1. The second-order valence-corrected chi connectivity index (χ2v) is 9.17. The van der Waals surface area contributed by atoms with E-state index in [4.69, 9.17) is 5.10 Å². The molecule has 4 rings (SSSR count). The molecular formula is C22H24N4O3S. The van der Waals surface area contributed by atoms with Gasteiger partial charge in [-0.3, -0.25) is 14.5 Å². The van der Waals surface area contributed by atoms with Crippen LogP contribution in [0, 0.1) is 0 Å². The van der Waals surface area contributed by atoms with E-state index >= 15 is 0 Å². The summed E-state index contributed by atoms with van der Waals surface area (Å²) in [6.45, 7) is 2.06. The molecular weight excluding hydrogens is 400 g/mol. The van der Waals surface area contributed by atoms with Crippen LogP contribution in [0.2, 0.25) is 0 Å². The van der Waals surface area contributed by atoms with Crippen LogP contribution in [0.5, 0.6) is 0 Å². The number of nitrogens with zero attached hydrogens (tertiary/aromatic N) is 3. The van der Waals surface area contributed by atoms with Crippen molar-refractivity contribution < 1.29 is 13.2 Å². The first-order valence-corrected chi connectivity index (χ1v) is 11.5. The van der Waals surface area contributed by atoms with E-state index in [1.54, 1.807) is 18.3 Å². The van der Waals surface area contributed by atoms with Gasteiger partial charge in [0.15, 0.2) is 5.78 Å². The topological polar surface area (TPSA) is 94.0 Å². The molecule has 1 aliphatic rings. The van der Waals surface area contributed by atoms with Crippen LogP contribution in [-0.2, 0) is 29.4 Å². The normalized spacial score (nSPS) is 13.8. The van der Waals surface area contributed by atoms with Gasteiger partial charge >= 0.3 is 0 Å². The SMILES string of the molecule is CC(=O)c1cccc(S(=O)(=O)NCCn2nc(-c3ccccn3)c3c2CCCC3)c1. The highest BCUT2D eigenvalue weighted by atomic mass is 32.2. The van der Waals surface area contributed by atoms with Gasteiger partial charge in [-0.1, -0.05) is 18.2 Å². The van der Waals surface area contributed by atoms with Crippen LogP contribution < -0.4 is 4.72 Å². The van der Waals surface area contributed by atoms with Crippen molar-refractivity contribution in [2.75, 3.05) is 6.54 Å². The lowest BCUT2D eigenvalue weighted by atomic mass is 9.95. The van der Waals surface area contributed by atoms with E-state index in [2.05, 4.69) is 9.71 Å². The lowest BCUT2D eigenvalue weighted by Crippen LogP contribution is -2.28. The molecule has 8 heteroatoms. The third-order valence-corrected chi connectivity index (χ3v) is 6.79. The number of rotatable bonds is 7. The van der Waals surface area contributed by atoms with Crippen LogP contribution in [0.25, 0.3) is 11.4 Å². The number of carbonyl (C=O) groups is 1. The zero-order valence-corrected chi connectivity index (χ0v) is 17.7. The molecule has 0 saturated carbocycles. The molecule has 30 heavy (non-hydrogen) atoms. The van der Waals surface area contributed by atoms with Gasteiger partial charge in [0.05, 0.1) is 17.1 Å². The van der Waals surface area contributed by atoms with Crippen LogP contribution in [0.1, 0.15) is 41.4 Å². The molecule has 0 amide bonds. The number of pyridine rings is 1. The van der Waals surface area contributed by atoms with Gasteiger partial charge < -0.3 is 0 Å². The van der Waals surface area contributed by atoms with Crippen LogP contribution >= 0.6 is 0 Å². The van der Waals surface area contributed by atoms with Crippen molar-refractivity contribution in [1.29, 1.82) is 0 Å². The van der Waals surface area contributed by atoms with Gasteiger partial charge in [-0.15, -0.1) is 0 Å². The first-order chi connectivity index (χ1) is 14.5. The summed E-state index contributed by atoms with van der Waals surface area (Å²) in [5, 5.41) is 4.77. The third-order valence-electron chi connectivity index (χ3n) is 5.33. The molecule has 2 heterocycles. The summed E-state index contributed by atoms with van der Waals surface area (Å²) in [6, 6.07) is 11.9. The van der Waals surface area contributed by atoms with Crippen molar-refractivity contribution in [2.45, 2.75) is 44.0 Å². The van der Waals surface area contributed by atoms with Gasteiger partial charge in [-0.05, 0) is 56.9 Å². The van der Waals surface area contributed by atoms with Crippen molar-refractivity contribution in [3.8, 4) is 11.4 Å². The standard InChI is InChI=1S/C22H24N4O3S/c1-16(27)17-7-6-8-18(15-17)30(28,29)24-13-14-26-21-11-3-2-9-19(21)22(25-26)20-10-4-5-12-23-20/h4-8,10,12,15,24H,2-3,9,11,13-14H2,1H3.